The van der Waals surface area contributed by atoms with Crippen molar-refractivity contribution in [3.63, 3.8) is 0 Å². The number of likely N-dealkylation sites (N-methyl/N-ethyl adjacent to an activating group) is 1. The van der Waals surface area contributed by atoms with E-state index in [-0.39, 0.29) is 6.04 Å². The minimum absolute atomic E-state index is 0.186. The molecule has 2 amide bonds. The van der Waals surface area contributed by atoms with Crippen LogP contribution in [0, 0.1) is 0 Å². The number of nitrogens with one attached hydrogen (secondary N) is 1. The van der Waals surface area contributed by atoms with Gasteiger partial charge in [-0.25, -0.2) is 4.79 Å². The molecule has 1 aromatic heterocycles. The Bertz CT molecular complexity index is 727. The third kappa shape index (κ3) is 4.16. The van der Waals surface area contributed by atoms with E-state index in [9.17, 15) is 18.0 Å². The van der Waals surface area contributed by atoms with E-state index in [0.29, 0.717) is 5.69 Å². The number of hydrogen-bond donors (Lipinski definition) is 2. The van der Waals surface area contributed by atoms with E-state index in [1.54, 1.807) is 22.9 Å². The number of anilines is 1. The van der Waals surface area contributed by atoms with E-state index in [1.807, 2.05) is 20.0 Å². The third-order valence-corrected chi connectivity index (χ3v) is 3.47. The second-order valence-corrected chi connectivity index (χ2v) is 5.84. The van der Waals surface area contributed by atoms with Gasteiger partial charge in [-0.3, -0.25) is 4.68 Å². The normalized spacial score (nSPS) is 13.3. The Kier molecular flexibility index (Phi) is 5.02. The van der Waals surface area contributed by atoms with Gasteiger partial charge in [-0.2, -0.15) is 18.3 Å². The van der Waals surface area contributed by atoms with Gasteiger partial charge in [0.2, 0.25) is 0 Å². The van der Waals surface area contributed by atoms with Crippen molar-refractivity contribution in [3.8, 4) is 0 Å². The summed E-state index contributed by atoms with van der Waals surface area (Å²) >= 11 is 0. The largest absolute Gasteiger partial charge is 0.416 e. The number of aliphatic hydroxyl groups is 1. The molecule has 1 atom stereocenters. The molecule has 2 aromatic rings. The summed E-state index contributed by atoms with van der Waals surface area (Å²) in [5, 5.41) is 16.7. The Labute approximate surface area is 136 Å². The zero-order chi connectivity index (χ0) is 18.1. The third-order valence-electron chi connectivity index (χ3n) is 3.47. The van der Waals surface area contributed by atoms with Gasteiger partial charge in [0.1, 0.15) is 0 Å². The van der Waals surface area contributed by atoms with Gasteiger partial charge in [-0.15, -0.1) is 0 Å². The van der Waals surface area contributed by atoms with Crippen LogP contribution in [0.4, 0.5) is 23.7 Å². The fourth-order valence-electron chi connectivity index (χ4n) is 2.05. The first kappa shape index (κ1) is 18.1. The minimum Gasteiger partial charge on any atom is -0.382 e. The molecule has 0 saturated carbocycles. The number of rotatable bonds is 4. The molecular formula is C15H19F3N4O2. The zero-order valence-electron chi connectivity index (χ0n) is 13.5. The second-order valence-electron chi connectivity index (χ2n) is 5.84. The van der Waals surface area contributed by atoms with Gasteiger partial charge in [0.25, 0.3) is 0 Å². The SMILES string of the molecule is CC(C)n1cc2cc(NC(=O)N(C)C[C@H](O)C(F)(F)F)ccc2n1. The molecule has 0 radical (unpaired) electrons. The van der Waals surface area contributed by atoms with Crippen LogP contribution in [0.15, 0.2) is 24.4 Å². The molecule has 0 aliphatic carbocycles. The number of carbonyl (C=O) groups excluding carboxylic acids is 1. The molecule has 0 spiro atoms. The highest BCUT2D eigenvalue weighted by molar-refractivity contribution is 5.92. The van der Waals surface area contributed by atoms with Crippen molar-refractivity contribution in [1.29, 1.82) is 0 Å². The minimum atomic E-state index is -4.77. The van der Waals surface area contributed by atoms with Crippen LogP contribution in [0.3, 0.4) is 0 Å². The number of alkyl halides is 3. The van der Waals surface area contributed by atoms with Crippen molar-refractivity contribution in [1.82, 2.24) is 14.7 Å². The number of hydrogen-bond acceptors (Lipinski definition) is 3. The Balaban J connectivity index is 2.07. The van der Waals surface area contributed by atoms with Crippen LogP contribution in [-0.2, 0) is 0 Å². The molecule has 0 aliphatic rings. The number of carbonyl (C=O) groups is 1. The molecule has 1 heterocycles. The molecule has 6 nitrogen and oxygen atoms in total. The van der Waals surface area contributed by atoms with Crippen molar-refractivity contribution in [2.45, 2.75) is 32.2 Å². The van der Waals surface area contributed by atoms with Gasteiger partial charge in [0, 0.05) is 30.4 Å². The van der Waals surface area contributed by atoms with E-state index in [1.165, 1.54) is 7.05 Å². The first-order valence-corrected chi connectivity index (χ1v) is 7.33. The van der Waals surface area contributed by atoms with Gasteiger partial charge >= 0.3 is 12.2 Å². The number of nitrogens with zero attached hydrogens (tertiary/aromatic N) is 3. The Morgan fingerprint density at radius 2 is 2.08 bits per heavy atom. The van der Waals surface area contributed by atoms with Crippen molar-refractivity contribution in [2.75, 3.05) is 18.9 Å². The summed E-state index contributed by atoms with van der Waals surface area (Å²) in [6, 6.07) is 4.47. The Hall–Kier alpha value is -2.29. The molecule has 24 heavy (non-hydrogen) atoms. The summed E-state index contributed by atoms with van der Waals surface area (Å²) in [7, 11) is 1.18. The van der Waals surface area contributed by atoms with Crippen LogP contribution in [0.25, 0.3) is 10.9 Å². The fourth-order valence-corrected chi connectivity index (χ4v) is 2.05. The monoisotopic (exact) mass is 344 g/mol. The van der Waals surface area contributed by atoms with E-state index in [0.717, 1.165) is 15.8 Å². The average molecular weight is 344 g/mol. The molecule has 0 saturated heterocycles. The van der Waals surface area contributed by atoms with E-state index in [2.05, 4.69) is 10.4 Å². The first-order chi connectivity index (χ1) is 11.1. The van der Waals surface area contributed by atoms with Gasteiger partial charge in [0.15, 0.2) is 6.10 Å². The van der Waals surface area contributed by atoms with Crippen LogP contribution < -0.4 is 5.32 Å². The summed E-state index contributed by atoms with van der Waals surface area (Å²) in [4.78, 5) is 12.7. The van der Waals surface area contributed by atoms with Gasteiger partial charge in [0.05, 0.1) is 12.1 Å². The Morgan fingerprint density at radius 3 is 2.67 bits per heavy atom. The Morgan fingerprint density at radius 1 is 1.42 bits per heavy atom. The predicted octanol–water partition coefficient (Wildman–Crippen LogP) is 3.00. The number of aliphatic hydroxyl groups excluding tert-OH is 1. The molecule has 0 bridgehead atoms. The lowest BCUT2D eigenvalue weighted by molar-refractivity contribution is -0.205. The standard InChI is InChI=1S/C15H19F3N4O2/c1-9(2)22-7-10-6-11(4-5-12(10)20-22)19-14(24)21(3)8-13(23)15(16,17)18/h4-7,9,13,23H,8H2,1-3H3,(H,19,24)/t13-/m0/s1. The van der Waals surface area contributed by atoms with Gasteiger partial charge in [-0.05, 0) is 32.0 Å². The van der Waals surface area contributed by atoms with Crippen LogP contribution in [0.5, 0.6) is 0 Å². The number of aromatic nitrogens is 2. The van der Waals surface area contributed by atoms with E-state index < -0.39 is 24.9 Å². The smallest absolute Gasteiger partial charge is 0.382 e. The maximum absolute atomic E-state index is 12.3. The highest BCUT2D eigenvalue weighted by Crippen LogP contribution is 2.22. The number of urea groups is 1. The summed E-state index contributed by atoms with van der Waals surface area (Å²) < 4.78 is 38.8. The van der Waals surface area contributed by atoms with Gasteiger partial charge < -0.3 is 15.3 Å². The highest BCUT2D eigenvalue weighted by Gasteiger charge is 2.39. The molecule has 2 N–H and O–H groups in total. The predicted molar refractivity (Wildman–Crippen MR) is 83.8 cm³/mol. The molecular weight excluding hydrogens is 325 g/mol. The summed E-state index contributed by atoms with van der Waals surface area (Å²) in [5.74, 6) is 0. The highest BCUT2D eigenvalue weighted by atomic mass is 19.4. The van der Waals surface area contributed by atoms with Crippen LogP contribution in [-0.4, -0.2) is 51.7 Å². The van der Waals surface area contributed by atoms with Crippen molar-refractivity contribution < 1.29 is 23.1 Å². The fraction of sp³-hybridized carbons (Fsp3) is 0.467. The van der Waals surface area contributed by atoms with Crippen molar-refractivity contribution in [2.24, 2.45) is 0 Å². The quantitative estimate of drug-likeness (QED) is 0.896. The first-order valence-electron chi connectivity index (χ1n) is 7.33. The summed E-state index contributed by atoms with van der Waals surface area (Å²) in [6.07, 6.45) is -5.52. The van der Waals surface area contributed by atoms with Crippen molar-refractivity contribution in [3.05, 3.63) is 24.4 Å². The number of amides is 2. The van der Waals surface area contributed by atoms with Crippen LogP contribution >= 0.6 is 0 Å². The second kappa shape index (κ2) is 6.68. The van der Waals surface area contributed by atoms with Crippen LogP contribution in [0.2, 0.25) is 0 Å². The van der Waals surface area contributed by atoms with E-state index in [4.69, 9.17) is 5.11 Å². The molecule has 9 heteroatoms. The lowest BCUT2D eigenvalue weighted by Crippen LogP contribution is -2.43. The van der Waals surface area contributed by atoms with Crippen molar-refractivity contribution >= 4 is 22.6 Å². The maximum Gasteiger partial charge on any atom is 0.416 e. The molecule has 0 aliphatic heterocycles. The number of fused-ring (bicyclic) bond motifs is 1. The van der Waals surface area contributed by atoms with Gasteiger partial charge in [-0.1, -0.05) is 0 Å². The number of halogens is 3. The van der Waals surface area contributed by atoms with E-state index >= 15 is 0 Å². The molecule has 2 rings (SSSR count). The summed E-state index contributed by atoms with van der Waals surface area (Å²) in [6.45, 7) is 3.12. The summed E-state index contributed by atoms with van der Waals surface area (Å²) in [5.41, 5.74) is 1.19. The zero-order valence-corrected chi connectivity index (χ0v) is 13.5. The van der Waals surface area contributed by atoms with Crippen LogP contribution in [0.1, 0.15) is 19.9 Å². The topological polar surface area (TPSA) is 70.4 Å². The number of benzene rings is 1. The lowest BCUT2D eigenvalue weighted by atomic mass is 10.2. The molecule has 132 valence electrons. The maximum atomic E-state index is 12.3. The molecule has 1 aromatic carbocycles. The molecule has 0 unspecified atom stereocenters. The lowest BCUT2D eigenvalue weighted by Gasteiger charge is -2.22. The molecule has 0 fully saturated rings. The average Bonchev–Trinajstić information content (AvgIpc) is 2.89.